The molecule has 0 rings (SSSR count). The molecule has 0 aromatic rings. The Balaban J connectivity index is 3.83. The summed E-state index contributed by atoms with van der Waals surface area (Å²) in [5.74, 6) is 0. The van der Waals surface area contributed by atoms with E-state index in [0.29, 0.717) is 6.61 Å². The second kappa shape index (κ2) is 42.9. The number of unbranched alkanes of at least 4 members (excludes halogenated alkanes) is 2. The molecule has 1 atom stereocenters. The minimum Gasteiger partial charge on any atom is -0.379 e. The Kier molecular flexibility index (Phi) is 40.2. The van der Waals surface area contributed by atoms with Gasteiger partial charge in [-0.3, -0.25) is 0 Å². The van der Waals surface area contributed by atoms with Crippen molar-refractivity contribution in [2.75, 3.05) is 40.5 Å². The Morgan fingerprint density at radius 1 is 0.431 bits per heavy atom. The van der Waals surface area contributed by atoms with E-state index >= 15 is 0 Å². The average Bonchev–Trinajstić information content (AvgIpc) is 3.12. The van der Waals surface area contributed by atoms with Gasteiger partial charge < -0.3 is 14.4 Å². The summed E-state index contributed by atoms with van der Waals surface area (Å²) >= 11 is 0. The Morgan fingerprint density at radius 2 is 0.765 bits per heavy atom. The molecule has 0 spiro atoms. The number of hydrogen-bond acceptors (Lipinski definition) is 3. The van der Waals surface area contributed by atoms with Gasteiger partial charge in [0.2, 0.25) is 0 Å². The van der Waals surface area contributed by atoms with Crippen molar-refractivity contribution in [3.05, 3.63) is 146 Å². The zero-order chi connectivity index (χ0) is 37.0. The fraction of sp³-hybridized carbons (Fsp3) is 0.500. The number of allylic oxidation sites excluding steroid dienone is 24. The van der Waals surface area contributed by atoms with Crippen LogP contribution in [0.25, 0.3) is 0 Å². The van der Waals surface area contributed by atoms with Crippen molar-refractivity contribution in [1.82, 2.24) is 4.90 Å². The van der Waals surface area contributed by atoms with E-state index in [1.807, 2.05) is 0 Å². The minimum absolute atomic E-state index is 0.117. The fourth-order valence-corrected chi connectivity index (χ4v) is 4.68. The zero-order valence-corrected chi connectivity index (χ0v) is 33.1. The molecule has 0 heterocycles. The Morgan fingerprint density at radius 3 is 1.12 bits per heavy atom. The molecule has 0 radical (unpaired) electrons. The van der Waals surface area contributed by atoms with Crippen LogP contribution < -0.4 is 0 Å². The van der Waals surface area contributed by atoms with Crippen molar-refractivity contribution < 1.29 is 9.47 Å². The predicted molar refractivity (Wildman–Crippen MR) is 229 cm³/mol. The lowest BCUT2D eigenvalue weighted by Crippen LogP contribution is -2.32. The van der Waals surface area contributed by atoms with E-state index in [9.17, 15) is 0 Å². The van der Waals surface area contributed by atoms with E-state index in [2.05, 4.69) is 179 Å². The molecule has 0 aliphatic heterocycles. The van der Waals surface area contributed by atoms with Gasteiger partial charge in [0.1, 0.15) is 0 Å². The van der Waals surface area contributed by atoms with Crippen LogP contribution in [0.3, 0.4) is 0 Å². The molecule has 0 aliphatic carbocycles. The molecule has 0 aromatic carbocycles. The third-order valence-electron chi connectivity index (χ3n) is 7.43. The second-order valence-corrected chi connectivity index (χ2v) is 12.6. The summed E-state index contributed by atoms with van der Waals surface area (Å²) in [5, 5.41) is 0. The molecular weight excluding hydrogens is 623 g/mol. The number of hydrogen-bond donors (Lipinski definition) is 0. The standard InChI is InChI=1S/C48H75NO2/c1-5-7-9-11-13-15-17-19-21-23-25-27-28-30-32-34-36-38-40-42-44-50-47-48(46-49(3)4)51-45-43-41-39-37-35-33-31-29-26-24-22-20-18-16-14-12-10-8-6-2/h6-9,12-15,18-21,24-27,30-33,36-39,48H,5,10-11,16-17,22-23,28-29,34-35,40-47H2,1-4H3. The molecule has 0 N–H and O–H groups in total. The first-order valence-electron chi connectivity index (χ1n) is 19.8. The lowest BCUT2D eigenvalue weighted by Gasteiger charge is -2.21. The van der Waals surface area contributed by atoms with Gasteiger partial charge >= 0.3 is 0 Å². The highest BCUT2D eigenvalue weighted by molar-refractivity contribution is 5.03. The molecule has 3 heteroatoms. The molecule has 0 aliphatic rings. The van der Waals surface area contributed by atoms with Gasteiger partial charge in [-0.25, -0.2) is 0 Å². The van der Waals surface area contributed by atoms with Crippen LogP contribution >= 0.6 is 0 Å². The fourth-order valence-electron chi connectivity index (χ4n) is 4.68. The lowest BCUT2D eigenvalue weighted by atomic mass is 10.2. The third kappa shape index (κ3) is 42.8. The van der Waals surface area contributed by atoms with Crippen LogP contribution in [0, 0.1) is 0 Å². The minimum atomic E-state index is 0.117. The van der Waals surface area contributed by atoms with Crippen LogP contribution in [0.2, 0.25) is 0 Å². The molecule has 0 saturated heterocycles. The zero-order valence-electron chi connectivity index (χ0n) is 33.1. The van der Waals surface area contributed by atoms with Crippen molar-refractivity contribution in [1.29, 1.82) is 0 Å². The first-order valence-corrected chi connectivity index (χ1v) is 19.8. The first-order chi connectivity index (χ1) is 25.2. The second-order valence-electron chi connectivity index (χ2n) is 12.6. The van der Waals surface area contributed by atoms with E-state index in [1.54, 1.807) is 0 Å². The molecule has 3 nitrogen and oxygen atoms in total. The van der Waals surface area contributed by atoms with Gasteiger partial charge in [-0.05, 0) is 117 Å². The molecule has 284 valence electrons. The van der Waals surface area contributed by atoms with E-state index in [4.69, 9.17) is 9.47 Å². The summed E-state index contributed by atoms with van der Waals surface area (Å²) in [6.07, 6.45) is 69.0. The quantitative estimate of drug-likeness (QED) is 0.0493. The lowest BCUT2D eigenvalue weighted by molar-refractivity contribution is -0.0277. The monoisotopic (exact) mass is 698 g/mol. The van der Waals surface area contributed by atoms with Crippen molar-refractivity contribution in [2.24, 2.45) is 0 Å². The Labute approximate surface area is 316 Å². The normalized spacial score (nSPS) is 14.3. The molecule has 0 fully saturated rings. The summed E-state index contributed by atoms with van der Waals surface area (Å²) < 4.78 is 12.1. The summed E-state index contributed by atoms with van der Waals surface area (Å²) in [4.78, 5) is 2.18. The van der Waals surface area contributed by atoms with E-state index in [0.717, 1.165) is 116 Å². The van der Waals surface area contributed by atoms with Gasteiger partial charge in [0, 0.05) is 19.8 Å². The van der Waals surface area contributed by atoms with Crippen LogP contribution in [0.5, 0.6) is 0 Å². The van der Waals surface area contributed by atoms with E-state index < -0.39 is 0 Å². The predicted octanol–water partition coefficient (Wildman–Crippen LogP) is 13.5. The summed E-state index contributed by atoms with van der Waals surface area (Å²) in [6.45, 7) is 7.31. The van der Waals surface area contributed by atoms with E-state index in [1.165, 1.54) is 0 Å². The molecule has 0 aromatic heterocycles. The highest BCUT2D eigenvalue weighted by Crippen LogP contribution is 2.03. The molecule has 51 heavy (non-hydrogen) atoms. The molecule has 0 saturated carbocycles. The maximum atomic E-state index is 6.17. The van der Waals surface area contributed by atoms with E-state index in [-0.39, 0.29) is 6.10 Å². The summed E-state index contributed by atoms with van der Waals surface area (Å²) in [5.41, 5.74) is 0. The molecular formula is C48H75NO2. The van der Waals surface area contributed by atoms with Gasteiger partial charge in [0.25, 0.3) is 0 Å². The van der Waals surface area contributed by atoms with Gasteiger partial charge in [-0.15, -0.1) is 0 Å². The van der Waals surface area contributed by atoms with Gasteiger partial charge in [-0.1, -0.05) is 153 Å². The SMILES string of the molecule is CC=CCC=CCC=CCC=CCC=CCC=CCCCOC(COCCCC=CCC=CCC=CCC=CCC=CCC=CCC)CN(C)C. The molecule has 0 amide bonds. The molecule has 0 bridgehead atoms. The Bertz CT molecular complexity index is 1090. The van der Waals surface area contributed by atoms with Gasteiger partial charge in [0.05, 0.1) is 12.7 Å². The molecule has 1 unspecified atom stereocenters. The maximum absolute atomic E-state index is 6.17. The number of rotatable bonds is 34. The van der Waals surface area contributed by atoms with Crippen LogP contribution in [0.15, 0.2) is 146 Å². The maximum Gasteiger partial charge on any atom is 0.0934 e. The number of nitrogens with zero attached hydrogens (tertiary/aromatic N) is 1. The average molecular weight is 698 g/mol. The first kappa shape index (κ1) is 47.8. The highest BCUT2D eigenvalue weighted by Gasteiger charge is 2.10. The topological polar surface area (TPSA) is 21.7 Å². The van der Waals surface area contributed by atoms with Crippen molar-refractivity contribution in [3.8, 4) is 0 Å². The van der Waals surface area contributed by atoms with Gasteiger partial charge in [-0.2, -0.15) is 0 Å². The van der Waals surface area contributed by atoms with Crippen molar-refractivity contribution in [2.45, 2.75) is 116 Å². The Hall–Kier alpha value is -3.24. The summed E-state index contributed by atoms with van der Waals surface area (Å²) in [7, 11) is 4.18. The van der Waals surface area contributed by atoms with Gasteiger partial charge in [0.15, 0.2) is 0 Å². The largest absolute Gasteiger partial charge is 0.379 e. The smallest absolute Gasteiger partial charge is 0.0934 e. The highest BCUT2D eigenvalue weighted by atomic mass is 16.5. The summed E-state index contributed by atoms with van der Waals surface area (Å²) in [6, 6.07) is 0. The van der Waals surface area contributed by atoms with Crippen molar-refractivity contribution in [3.63, 3.8) is 0 Å². The van der Waals surface area contributed by atoms with Crippen molar-refractivity contribution >= 4 is 0 Å². The van der Waals surface area contributed by atoms with Crippen LogP contribution in [0.1, 0.15) is 110 Å². The number of likely N-dealkylation sites (N-methyl/N-ethyl adjacent to an activating group) is 1. The van der Waals surface area contributed by atoms with Crippen LogP contribution in [-0.4, -0.2) is 51.5 Å². The van der Waals surface area contributed by atoms with Crippen LogP contribution in [-0.2, 0) is 9.47 Å². The third-order valence-corrected chi connectivity index (χ3v) is 7.43. The number of ether oxygens (including phenoxy) is 2. The van der Waals surface area contributed by atoms with Crippen LogP contribution in [0.4, 0.5) is 0 Å².